The Morgan fingerprint density at radius 1 is 1.00 bits per heavy atom. The van der Waals surface area contributed by atoms with Crippen LogP contribution in [0.2, 0.25) is 0 Å². The second-order valence-electron chi connectivity index (χ2n) is 5.15. The summed E-state index contributed by atoms with van der Waals surface area (Å²) in [4.78, 5) is 11.3. The lowest BCUT2D eigenvalue weighted by Crippen LogP contribution is -1.92. The standard InChI is InChI=1S/C19H17NO/c1-14(21)12-13-17-16-10-6-7-11-18(16)20(2)19(17)15-8-4-3-5-9-15/h3-13H,1-2H3/b13-12+. The van der Waals surface area contributed by atoms with Gasteiger partial charge in [-0.2, -0.15) is 0 Å². The van der Waals surface area contributed by atoms with E-state index in [1.54, 1.807) is 13.0 Å². The summed E-state index contributed by atoms with van der Waals surface area (Å²) < 4.78 is 2.18. The number of rotatable bonds is 3. The van der Waals surface area contributed by atoms with E-state index < -0.39 is 0 Å². The average molecular weight is 275 g/mol. The van der Waals surface area contributed by atoms with E-state index >= 15 is 0 Å². The van der Waals surface area contributed by atoms with E-state index in [-0.39, 0.29) is 5.78 Å². The summed E-state index contributed by atoms with van der Waals surface area (Å²) in [6.45, 7) is 1.57. The fourth-order valence-electron chi connectivity index (χ4n) is 2.74. The lowest BCUT2D eigenvalue weighted by Gasteiger charge is -2.06. The molecule has 3 rings (SSSR count). The van der Waals surface area contributed by atoms with E-state index in [4.69, 9.17) is 0 Å². The van der Waals surface area contributed by atoms with Crippen molar-refractivity contribution in [3.8, 4) is 11.3 Å². The van der Waals surface area contributed by atoms with E-state index in [1.165, 1.54) is 5.52 Å². The molecule has 3 aromatic rings. The number of hydrogen-bond acceptors (Lipinski definition) is 1. The highest BCUT2D eigenvalue weighted by Crippen LogP contribution is 2.33. The van der Waals surface area contributed by atoms with Crippen LogP contribution in [0.5, 0.6) is 0 Å². The summed E-state index contributed by atoms with van der Waals surface area (Å²) in [7, 11) is 2.07. The van der Waals surface area contributed by atoms with Gasteiger partial charge < -0.3 is 4.57 Å². The van der Waals surface area contributed by atoms with Gasteiger partial charge in [-0.25, -0.2) is 0 Å². The molecule has 1 aromatic heterocycles. The highest BCUT2D eigenvalue weighted by atomic mass is 16.1. The Labute approximate surface area is 124 Å². The zero-order chi connectivity index (χ0) is 14.8. The highest BCUT2D eigenvalue weighted by Gasteiger charge is 2.14. The van der Waals surface area contributed by atoms with Gasteiger partial charge in [0.25, 0.3) is 0 Å². The maximum Gasteiger partial charge on any atom is 0.152 e. The van der Waals surface area contributed by atoms with Crippen LogP contribution in [-0.2, 0) is 11.8 Å². The van der Waals surface area contributed by atoms with Crippen LogP contribution in [0, 0.1) is 0 Å². The maximum atomic E-state index is 11.3. The summed E-state index contributed by atoms with van der Waals surface area (Å²) in [6.07, 6.45) is 3.56. The normalized spacial score (nSPS) is 11.3. The van der Waals surface area contributed by atoms with Crippen LogP contribution in [0.15, 0.2) is 60.7 Å². The summed E-state index contributed by atoms with van der Waals surface area (Å²) in [5.41, 5.74) is 4.54. The largest absolute Gasteiger partial charge is 0.343 e. The van der Waals surface area contributed by atoms with Crippen molar-refractivity contribution < 1.29 is 4.79 Å². The minimum Gasteiger partial charge on any atom is -0.343 e. The van der Waals surface area contributed by atoms with Crippen LogP contribution in [0.3, 0.4) is 0 Å². The van der Waals surface area contributed by atoms with E-state index in [0.29, 0.717) is 0 Å². The molecule has 2 nitrogen and oxygen atoms in total. The van der Waals surface area contributed by atoms with Gasteiger partial charge in [0.1, 0.15) is 0 Å². The van der Waals surface area contributed by atoms with Crippen molar-refractivity contribution in [1.29, 1.82) is 0 Å². The van der Waals surface area contributed by atoms with Gasteiger partial charge in [0, 0.05) is 23.5 Å². The zero-order valence-corrected chi connectivity index (χ0v) is 12.2. The van der Waals surface area contributed by atoms with Crippen molar-refractivity contribution in [3.63, 3.8) is 0 Å². The molecule has 0 fully saturated rings. The molecule has 0 atom stereocenters. The molecule has 0 saturated heterocycles. The van der Waals surface area contributed by atoms with Crippen LogP contribution >= 0.6 is 0 Å². The minimum absolute atomic E-state index is 0.0574. The molecule has 104 valence electrons. The first kappa shape index (κ1) is 13.4. The van der Waals surface area contributed by atoms with Gasteiger partial charge in [0.15, 0.2) is 5.78 Å². The Bertz CT molecular complexity index is 825. The molecule has 0 aliphatic heterocycles. The maximum absolute atomic E-state index is 11.3. The van der Waals surface area contributed by atoms with Crippen LogP contribution in [0.25, 0.3) is 28.2 Å². The SMILES string of the molecule is CC(=O)/C=C/c1c(-c2ccccc2)n(C)c2ccccc12. The quantitative estimate of drug-likeness (QED) is 0.647. The van der Waals surface area contributed by atoms with E-state index in [1.807, 2.05) is 36.4 Å². The van der Waals surface area contributed by atoms with Crippen LogP contribution < -0.4 is 0 Å². The number of carbonyl (C=O) groups excluding carboxylic acids is 1. The van der Waals surface area contributed by atoms with Gasteiger partial charge in [0.05, 0.1) is 5.69 Å². The molecule has 21 heavy (non-hydrogen) atoms. The number of ketones is 1. The van der Waals surface area contributed by atoms with Crippen molar-refractivity contribution >= 4 is 22.8 Å². The smallest absolute Gasteiger partial charge is 0.152 e. The van der Waals surface area contributed by atoms with Crippen molar-refractivity contribution in [3.05, 3.63) is 66.2 Å². The number of para-hydroxylation sites is 1. The first-order chi connectivity index (χ1) is 10.2. The Morgan fingerprint density at radius 2 is 1.67 bits per heavy atom. The number of allylic oxidation sites excluding steroid dienone is 1. The summed E-state index contributed by atoms with van der Waals surface area (Å²) >= 11 is 0. The highest BCUT2D eigenvalue weighted by molar-refractivity contribution is 6.01. The van der Waals surface area contributed by atoms with E-state index in [2.05, 4.69) is 35.9 Å². The minimum atomic E-state index is 0.0574. The third kappa shape index (κ3) is 2.40. The number of carbonyl (C=O) groups is 1. The molecule has 0 amide bonds. The van der Waals surface area contributed by atoms with Crippen molar-refractivity contribution in [2.24, 2.45) is 7.05 Å². The molecule has 0 aliphatic rings. The van der Waals surface area contributed by atoms with Crippen molar-refractivity contribution in [1.82, 2.24) is 4.57 Å². The number of benzene rings is 2. The Hall–Kier alpha value is -2.61. The molecule has 0 bridgehead atoms. The van der Waals surface area contributed by atoms with E-state index in [9.17, 15) is 4.79 Å². The first-order valence-electron chi connectivity index (χ1n) is 7.00. The average Bonchev–Trinajstić information content (AvgIpc) is 2.79. The molecule has 1 heterocycles. The second kappa shape index (κ2) is 5.41. The molecule has 2 heteroatoms. The Balaban J connectivity index is 2.34. The summed E-state index contributed by atoms with van der Waals surface area (Å²) in [5.74, 6) is 0.0574. The molecule has 0 radical (unpaired) electrons. The molecular formula is C19H17NO. The van der Waals surface area contributed by atoms with Crippen LogP contribution in [-0.4, -0.2) is 10.4 Å². The Kier molecular flexibility index (Phi) is 3.44. The zero-order valence-electron chi connectivity index (χ0n) is 12.2. The Morgan fingerprint density at radius 3 is 2.38 bits per heavy atom. The second-order valence-corrected chi connectivity index (χ2v) is 5.15. The van der Waals surface area contributed by atoms with Gasteiger partial charge in [-0.15, -0.1) is 0 Å². The molecular weight excluding hydrogens is 258 g/mol. The molecule has 2 aromatic carbocycles. The number of nitrogens with zero attached hydrogens (tertiary/aromatic N) is 1. The number of aryl methyl sites for hydroxylation is 1. The van der Waals surface area contributed by atoms with Crippen molar-refractivity contribution in [2.75, 3.05) is 0 Å². The summed E-state index contributed by atoms with van der Waals surface area (Å²) in [5, 5.41) is 1.16. The van der Waals surface area contributed by atoms with Gasteiger partial charge in [0.2, 0.25) is 0 Å². The molecule has 0 aliphatic carbocycles. The number of fused-ring (bicyclic) bond motifs is 1. The van der Waals surface area contributed by atoms with Gasteiger partial charge >= 0.3 is 0 Å². The molecule has 0 unspecified atom stereocenters. The first-order valence-corrected chi connectivity index (χ1v) is 7.00. The summed E-state index contributed by atoms with van der Waals surface area (Å²) in [6, 6.07) is 18.5. The van der Waals surface area contributed by atoms with Gasteiger partial charge in [-0.05, 0) is 30.7 Å². The monoisotopic (exact) mass is 275 g/mol. The number of aromatic nitrogens is 1. The third-order valence-electron chi connectivity index (χ3n) is 3.68. The number of hydrogen-bond donors (Lipinski definition) is 0. The fourth-order valence-corrected chi connectivity index (χ4v) is 2.74. The molecule has 0 saturated carbocycles. The predicted molar refractivity (Wildman–Crippen MR) is 88.1 cm³/mol. The molecule has 0 N–H and O–H groups in total. The lowest BCUT2D eigenvalue weighted by molar-refractivity contribution is -0.112. The van der Waals surface area contributed by atoms with E-state index in [0.717, 1.165) is 22.2 Å². The predicted octanol–water partition coefficient (Wildman–Crippen LogP) is 4.45. The van der Waals surface area contributed by atoms with Crippen molar-refractivity contribution in [2.45, 2.75) is 6.92 Å². The van der Waals surface area contributed by atoms with Gasteiger partial charge in [-0.3, -0.25) is 4.79 Å². The van der Waals surface area contributed by atoms with Gasteiger partial charge in [-0.1, -0.05) is 48.5 Å². The molecule has 0 spiro atoms. The van der Waals surface area contributed by atoms with Crippen LogP contribution in [0.4, 0.5) is 0 Å². The topological polar surface area (TPSA) is 22.0 Å². The third-order valence-corrected chi connectivity index (χ3v) is 3.68. The van der Waals surface area contributed by atoms with Crippen LogP contribution in [0.1, 0.15) is 12.5 Å². The lowest BCUT2D eigenvalue weighted by atomic mass is 10.0. The fraction of sp³-hybridized carbons (Fsp3) is 0.105.